The Morgan fingerprint density at radius 2 is 0.938 bits per heavy atom. The van der Waals surface area contributed by atoms with Crippen LogP contribution in [0.5, 0.6) is 0 Å². The Labute approximate surface area is 279 Å². The van der Waals surface area contributed by atoms with Gasteiger partial charge in [-0.2, -0.15) is 0 Å². The molecule has 2 atom stereocenters. The van der Waals surface area contributed by atoms with Crippen molar-refractivity contribution >= 4 is 43.1 Å². The van der Waals surface area contributed by atoms with Gasteiger partial charge in [-0.15, -0.1) is 0 Å². The van der Waals surface area contributed by atoms with Crippen molar-refractivity contribution in [2.24, 2.45) is 0 Å². The van der Waals surface area contributed by atoms with Crippen LogP contribution in [0.1, 0.15) is 45.2 Å². The molecular formula is C48H30. The van der Waals surface area contributed by atoms with Crippen molar-refractivity contribution in [2.75, 3.05) is 0 Å². The second-order valence-corrected chi connectivity index (χ2v) is 13.5. The quantitative estimate of drug-likeness (QED) is 0.176. The van der Waals surface area contributed by atoms with Crippen molar-refractivity contribution in [3.63, 3.8) is 0 Å². The summed E-state index contributed by atoms with van der Waals surface area (Å²) in [5.74, 6) is 0.441. The lowest BCUT2D eigenvalue weighted by atomic mass is 9.86. The van der Waals surface area contributed by atoms with E-state index in [9.17, 15) is 0 Å². The summed E-state index contributed by atoms with van der Waals surface area (Å²) >= 11 is 0. The summed E-state index contributed by atoms with van der Waals surface area (Å²) in [5.41, 5.74) is 13.6. The van der Waals surface area contributed by atoms with Gasteiger partial charge in [0.05, 0.1) is 0 Å². The van der Waals surface area contributed by atoms with Crippen molar-refractivity contribution in [3.8, 4) is 22.3 Å². The van der Waals surface area contributed by atoms with Crippen LogP contribution in [0.15, 0.2) is 170 Å². The van der Waals surface area contributed by atoms with Crippen LogP contribution in [0.4, 0.5) is 0 Å². The predicted molar refractivity (Wildman–Crippen MR) is 202 cm³/mol. The van der Waals surface area contributed by atoms with Crippen LogP contribution in [0.25, 0.3) is 65.3 Å². The average molecular weight is 607 g/mol. The second kappa shape index (κ2) is 9.77. The van der Waals surface area contributed by atoms with Gasteiger partial charge < -0.3 is 0 Å². The van der Waals surface area contributed by atoms with Gasteiger partial charge in [0.15, 0.2) is 0 Å². The molecule has 0 bridgehead atoms. The van der Waals surface area contributed by atoms with Crippen LogP contribution in [-0.4, -0.2) is 0 Å². The Morgan fingerprint density at radius 1 is 0.292 bits per heavy atom. The Bertz CT molecular complexity index is 2770. The fraction of sp³-hybridized carbons (Fsp3) is 0.0417. The van der Waals surface area contributed by atoms with Crippen molar-refractivity contribution in [1.82, 2.24) is 0 Å². The minimum atomic E-state index is 0.188. The molecule has 222 valence electrons. The highest BCUT2D eigenvalue weighted by Crippen LogP contribution is 2.54. The lowest BCUT2D eigenvalue weighted by Crippen LogP contribution is -2.00. The fourth-order valence-corrected chi connectivity index (χ4v) is 9.19. The Balaban J connectivity index is 1.22. The van der Waals surface area contributed by atoms with Crippen LogP contribution in [0, 0.1) is 0 Å². The van der Waals surface area contributed by atoms with E-state index < -0.39 is 0 Å². The molecule has 9 aromatic carbocycles. The van der Waals surface area contributed by atoms with Gasteiger partial charge >= 0.3 is 0 Å². The summed E-state index contributed by atoms with van der Waals surface area (Å²) < 4.78 is 0. The number of hydrogen-bond acceptors (Lipinski definition) is 0. The Hall–Kier alpha value is -5.98. The molecule has 0 fully saturated rings. The van der Waals surface area contributed by atoms with E-state index in [2.05, 4.69) is 170 Å². The maximum atomic E-state index is 2.50. The maximum Gasteiger partial charge on any atom is 0.0352 e. The largest absolute Gasteiger partial charge is 0.0622 e. The third kappa shape index (κ3) is 3.50. The third-order valence-corrected chi connectivity index (χ3v) is 11.2. The van der Waals surface area contributed by atoms with Crippen molar-refractivity contribution in [3.05, 3.63) is 203 Å². The highest BCUT2D eigenvalue weighted by molar-refractivity contribution is 6.34. The standard InChI is InChI=1S/C48H30/c1-3-13-30(14-4-1)44-36-19-10-9-18-35(36)41-26-32(23-25-37(41)44)33-27-42-38-24-22-29-12-7-8-17-34(29)46(38)40-21-11-20-39-45(31-15-5-2-6-16-31)43(28-33)48(42)47(39)40/h1-28,44-45H. The summed E-state index contributed by atoms with van der Waals surface area (Å²) in [6.07, 6.45) is 0. The highest BCUT2D eigenvalue weighted by atomic mass is 14.4. The van der Waals surface area contributed by atoms with Gasteiger partial charge in [0, 0.05) is 11.8 Å². The molecule has 0 N–H and O–H groups in total. The molecule has 48 heavy (non-hydrogen) atoms. The zero-order chi connectivity index (χ0) is 31.3. The van der Waals surface area contributed by atoms with E-state index in [0.717, 1.165) is 0 Å². The molecule has 2 aliphatic rings. The summed E-state index contributed by atoms with van der Waals surface area (Å²) in [4.78, 5) is 0. The first-order valence-corrected chi connectivity index (χ1v) is 17.0. The van der Waals surface area contributed by atoms with Gasteiger partial charge in [-0.25, -0.2) is 0 Å². The molecule has 0 saturated carbocycles. The minimum absolute atomic E-state index is 0.188. The van der Waals surface area contributed by atoms with Crippen LogP contribution < -0.4 is 0 Å². The van der Waals surface area contributed by atoms with E-state index in [1.54, 1.807) is 0 Å². The average Bonchev–Trinajstić information content (AvgIpc) is 3.67. The topological polar surface area (TPSA) is 0 Å². The van der Waals surface area contributed by atoms with Gasteiger partial charge in [-0.3, -0.25) is 0 Å². The van der Waals surface area contributed by atoms with Gasteiger partial charge in [0.1, 0.15) is 0 Å². The number of hydrogen-bond donors (Lipinski definition) is 0. The van der Waals surface area contributed by atoms with Crippen molar-refractivity contribution in [2.45, 2.75) is 11.8 Å². The van der Waals surface area contributed by atoms with Gasteiger partial charge in [-0.05, 0) is 117 Å². The molecule has 0 spiro atoms. The normalized spacial score (nSPS) is 15.9. The molecule has 0 nitrogen and oxygen atoms in total. The van der Waals surface area contributed by atoms with Crippen molar-refractivity contribution in [1.29, 1.82) is 0 Å². The van der Waals surface area contributed by atoms with E-state index in [0.29, 0.717) is 0 Å². The third-order valence-electron chi connectivity index (χ3n) is 11.2. The highest BCUT2D eigenvalue weighted by Gasteiger charge is 2.32. The van der Waals surface area contributed by atoms with Crippen LogP contribution in [0.3, 0.4) is 0 Å². The number of rotatable bonds is 3. The molecule has 0 saturated heterocycles. The van der Waals surface area contributed by atoms with Crippen LogP contribution >= 0.6 is 0 Å². The van der Waals surface area contributed by atoms with E-state index in [-0.39, 0.29) is 11.8 Å². The van der Waals surface area contributed by atoms with E-state index in [1.165, 1.54) is 98.7 Å². The smallest absolute Gasteiger partial charge is 0.0352 e. The lowest BCUT2D eigenvalue weighted by molar-refractivity contribution is 1.01. The van der Waals surface area contributed by atoms with Gasteiger partial charge in [0.25, 0.3) is 0 Å². The molecule has 0 aliphatic heterocycles. The first-order valence-electron chi connectivity index (χ1n) is 17.0. The number of benzene rings is 9. The maximum absolute atomic E-state index is 2.50. The van der Waals surface area contributed by atoms with E-state index >= 15 is 0 Å². The van der Waals surface area contributed by atoms with Crippen LogP contribution in [-0.2, 0) is 0 Å². The fourth-order valence-electron chi connectivity index (χ4n) is 9.19. The van der Waals surface area contributed by atoms with Crippen LogP contribution in [0.2, 0.25) is 0 Å². The number of fused-ring (bicyclic) bond motifs is 8. The molecule has 0 heterocycles. The molecule has 9 aromatic rings. The summed E-state index contributed by atoms with van der Waals surface area (Å²) in [6.45, 7) is 0. The predicted octanol–water partition coefficient (Wildman–Crippen LogP) is 12.6. The Kier molecular flexibility index (Phi) is 5.32. The molecule has 11 rings (SSSR count). The Morgan fingerprint density at radius 3 is 1.77 bits per heavy atom. The first kappa shape index (κ1) is 26.1. The molecule has 2 aliphatic carbocycles. The van der Waals surface area contributed by atoms with Crippen molar-refractivity contribution < 1.29 is 0 Å². The second-order valence-electron chi connectivity index (χ2n) is 13.5. The molecular weight excluding hydrogens is 577 g/mol. The molecule has 2 unspecified atom stereocenters. The summed E-state index contributed by atoms with van der Waals surface area (Å²) in [7, 11) is 0. The molecule has 0 heteroatoms. The molecule has 0 aromatic heterocycles. The zero-order valence-corrected chi connectivity index (χ0v) is 26.3. The first-order chi connectivity index (χ1) is 23.8. The summed E-state index contributed by atoms with van der Waals surface area (Å²) in [5, 5.41) is 10.9. The lowest BCUT2D eigenvalue weighted by Gasteiger charge is -2.17. The van der Waals surface area contributed by atoms with Gasteiger partial charge in [-0.1, -0.05) is 152 Å². The van der Waals surface area contributed by atoms with E-state index in [1.807, 2.05) is 0 Å². The van der Waals surface area contributed by atoms with E-state index in [4.69, 9.17) is 0 Å². The monoisotopic (exact) mass is 606 g/mol. The molecule has 0 radical (unpaired) electrons. The van der Waals surface area contributed by atoms with Gasteiger partial charge in [0.2, 0.25) is 0 Å². The summed E-state index contributed by atoms with van der Waals surface area (Å²) in [6, 6.07) is 63.8. The minimum Gasteiger partial charge on any atom is -0.0622 e. The molecule has 0 amide bonds. The zero-order valence-electron chi connectivity index (χ0n) is 26.3. The SMILES string of the molecule is c1ccc(C2c3ccccc3-c3cc(-c4cc5c6c(c4)c4ccc7ccccc7c4c4cccc(c46)C5c4ccccc4)ccc32)cc1.